The topological polar surface area (TPSA) is 133 Å². The van der Waals surface area contributed by atoms with Crippen LogP contribution in [0.3, 0.4) is 0 Å². The molecule has 204 valence electrons. The number of nitrogens with zero attached hydrogens (tertiary/aromatic N) is 4. The molecule has 3 N–H and O–H groups in total. The van der Waals surface area contributed by atoms with Gasteiger partial charge >= 0.3 is 5.97 Å². The second kappa shape index (κ2) is 9.44. The van der Waals surface area contributed by atoms with Gasteiger partial charge in [0, 0.05) is 30.3 Å². The summed E-state index contributed by atoms with van der Waals surface area (Å²) in [5.74, 6) is 1.68. The van der Waals surface area contributed by atoms with Gasteiger partial charge in [0.1, 0.15) is 23.3 Å². The number of pyridine rings is 3. The Kier molecular flexibility index (Phi) is 6.17. The molecule has 5 heterocycles. The van der Waals surface area contributed by atoms with Gasteiger partial charge in [-0.3, -0.25) is 4.79 Å². The minimum Gasteiger partial charge on any atom is -0.470 e. The molecule has 3 aromatic rings. The number of carbonyl (C=O) groups is 2. The predicted molar refractivity (Wildman–Crippen MR) is 146 cm³/mol. The van der Waals surface area contributed by atoms with Crippen LogP contribution in [0, 0.1) is 5.92 Å². The first-order chi connectivity index (χ1) is 18.6. The summed E-state index contributed by atoms with van der Waals surface area (Å²) in [4.78, 5) is 40.6. The molecule has 39 heavy (non-hydrogen) atoms. The largest absolute Gasteiger partial charge is 0.470 e. The zero-order valence-electron chi connectivity index (χ0n) is 22.7. The number of anilines is 2. The van der Waals surface area contributed by atoms with Gasteiger partial charge in [-0.1, -0.05) is 13.8 Å². The Bertz CT molecular complexity index is 1460. The van der Waals surface area contributed by atoms with E-state index < -0.39 is 5.60 Å². The van der Waals surface area contributed by atoms with E-state index in [1.54, 1.807) is 24.5 Å². The van der Waals surface area contributed by atoms with Gasteiger partial charge in [0.25, 0.3) is 0 Å². The summed E-state index contributed by atoms with van der Waals surface area (Å²) >= 11 is 0. The van der Waals surface area contributed by atoms with Crippen LogP contribution in [0.25, 0.3) is 10.8 Å². The molecule has 1 amide bonds. The first-order valence-corrected chi connectivity index (χ1v) is 13.7. The van der Waals surface area contributed by atoms with Crippen molar-refractivity contribution >= 4 is 34.3 Å². The quantitative estimate of drug-likeness (QED) is 0.431. The lowest BCUT2D eigenvalue weighted by Crippen LogP contribution is -2.56. The lowest BCUT2D eigenvalue weighted by molar-refractivity contribution is -0.141. The first kappa shape index (κ1) is 25.5. The molecule has 6 rings (SSSR count). The smallest absolute Gasteiger partial charge is 0.340 e. The summed E-state index contributed by atoms with van der Waals surface area (Å²) in [7, 11) is 0. The number of carbonyl (C=O) groups excluding carboxylic acids is 2. The van der Waals surface area contributed by atoms with Crippen LogP contribution in [0.2, 0.25) is 0 Å². The number of rotatable bonds is 7. The number of nitrogens with two attached hydrogens (primary N) is 1. The molecule has 0 bridgehead atoms. The number of cyclic esters (lactones) is 1. The average molecular weight is 531 g/mol. The number of amides is 1. The molecule has 0 aromatic carbocycles. The zero-order valence-corrected chi connectivity index (χ0v) is 22.7. The highest BCUT2D eigenvalue weighted by Crippen LogP contribution is 2.39. The van der Waals surface area contributed by atoms with E-state index in [9.17, 15) is 9.59 Å². The maximum absolute atomic E-state index is 12.5. The van der Waals surface area contributed by atoms with Crippen molar-refractivity contribution in [1.29, 1.82) is 0 Å². The fraction of sp³-hybridized carbons (Fsp3) is 0.483. The molecule has 10 nitrogen and oxygen atoms in total. The van der Waals surface area contributed by atoms with Crippen molar-refractivity contribution in [2.75, 3.05) is 18.4 Å². The first-order valence-electron chi connectivity index (χ1n) is 13.7. The molecular formula is C29H34N6O4. The van der Waals surface area contributed by atoms with Crippen LogP contribution in [-0.2, 0) is 9.53 Å². The van der Waals surface area contributed by atoms with Crippen molar-refractivity contribution in [3.05, 3.63) is 47.4 Å². The van der Waals surface area contributed by atoms with Crippen molar-refractivity contribution < 1.29 is 19.1 Å². The van der Waals surface area contributed by atoms with Crippen molar-refractivity contribution in [2.24, 2.45) is 11.7 Å². The van der Waals surface area contributed by atoms with E-state index in [1.165, 1.54) is 0 Å². The summed E-state index contributed by atoms with van der Waals surface area (Å²) in [6, 6.07) is 5.23. The molecule has 0 unspecified atom stereocenters. The summed E-state index contributed by atoms with van der Waals surface area (Å²) in [5, 5.41) is 4.96. The highest BCUT2D eigenvalue weighted by Gasteiger charge is 2.41. The van der Waals surface area contributed by atoms with Gasteiger partial charge in [0.05, 0.1) is 29.7 Å². The van der Waals surface area contributed by atoms with Crippen LogP contribution in [0.5, 0.6) is 5.88 Å². The van der Waals surface area contributed by atoms with E-state index in [4.69, 9.17) is 20.2 Å². The molecule has 1 saturated carbocycles. The number of hydrogen-bond donors (Lipinski definition) is 2. The minimum atomic E-state index is -0.645. The molecule has 2 atom stereocenters. The molecule has 1 aliphatic carbocycles. The van der Waals surface area contributed by atoms with Crippen LogP contribution in [0.4, 0.5) is 11.6 Å². The molecule has 1 saturated heterocycles. The maximum atomic E-state index is 12.5. The van der Waals surface area contributed by atoms with Crippen LogP contribution in [0.15, 0.2) is 30.6 Å². The fourth-order valence-corrected chi connectivity index (χ4v) is 5.14. The minimum absolute atomic E-state index is 0.0709. The molecular weight excluding hydrogens is 496 g/mol. The number of nitrogens with one attached hydrogen (secondary N) is 1. The third kappa shape index (κ3) is 4.67. The van der Waals surface area contributed by atoms with Crippen LogP contribution >= 0.6 is 0 Å². The Labute approximate surface area is 227 Å². The van der Waals surface area contributed by atoms with E-state index in [-0.39, 0.29) is 35.9 Å². The molecule has 3 aliphatic rings. The molecule has 3 aromatic heterocycles. The molecule has 10 heteroatoms. The van der Waals surface area contributed by atoms with Crippen molar-refractivity contribution in [1.82, 2.24) is 19.9 Å². The summed E-state index contributed by atoms with van der Waals surface area (Å²) in [6.45, 7) is 8.98. The van der Waals surface area contributed by atoms with Gasteiger partial charge < -0.3 is 25.4 Å². The summed E-state index contributed by atoms with van der Waals surface area (Å²) in [6.07, 6.45) is 6.16. The van der Waals surface area contributed by atoms with Gasteiger partial charge in [-0.05, 0) is 62.3 Å². The number of hydrogen-bond acceptors (Lipinski definition) is 9. The van der Waals surface area contributed by atoms with Gasteiger partial charge in [-0.25, -0.2) is 19.7 Å². The third-order valence-electron chi connectivity index (χ3n) is 8.18. The summed E-state index contributed by atoms with van der Waals surface area (Å²) < 4.78 is 11.8. The van der Waals surface area contributed by atoms with Crippen LogP contribution in [0.1, 0.15) is 80.5 Å². The fourth-order valence-electron chi connectivity index (χ4n) is 5.14. The zero-order chi connectivity index (χ0) is 27.5. The van der Waals surface area contributed by atoms with Crippen molar-refractivity contribution in [3.8, 4) is 5.88 Å². The predicted octanol–water partition coefficient (Wildman–Crippen LogP) is 4.23. The normalized spacial score (nSPS) is 21.1. The number of likely N-dealkylation sites (tertiary alicyclic amines) is 1. The number of ether oxygens (including phenoxy) is 2. The van der Waals surface area contributed by atoms with Gasteiger partial charge in [0.2, 0.25) is 11.8 Å². The van der Waals surface area contributed by atoms with E-state index in [0.717, 1.165) is 35.6 Å². The lowest BCUT2D eigenvalue weighted by Gasteiger charge is -2.39. The van der Waals surface area contributed by atoms with Crippen LogP contribution < -0.4 is 15.8 Å². The van der Waals surface area contributed by atoms with E-state index in [1.807, 2.05) is 38.7 Å². The Morgan fingerprint density at radius 1 is 1.21 bits per heavy atom. The van der Waals surface area contributed by atoms with Gasteiger partial charge in [0.15, 0.2) is 0 Å². The lowest BCUT2D eigenvalue weighted by atomic mass is 9.84. The van der Waals surface area contributed by atoms with Crippen LogP contribution in [-0.4, -0.2) is 56.5 Å². The Balaban J connectivity index is 1.27. The number of esters is 1. The maximum Gasteiger partial charge on any atom is 0.340 e. The molecule has 2 fully saturated rings. The number of fused-ring (bicyclic) bond motifs is 2. The van der Waals surface area contributed by atoms with E-state index in [2.05, 4.69) is 15.3 Å². The second-order valence-corrected chi connectivity index (χ2v) is 11.4. The highest BCUT2D eigenvalue weighted by atomic mass is 16.6. The highest BCUT2D eigenvalue weighted by molar-refractivity contribution is 5.93. The van der Waals surface area contributed by atoms with E-state index >= 15 is 0 Å². The molecule has 0 spiro atoms. The van der Waals surface area contributed by atoms with Crippen molar-refractivity contribution in [2.45, 2.75) is 70.6 Å². The van der Waals surface area contributed by atoms with E-state index in [0.29, 0.717) is 41.9 Å². The molecule has 0 radical (unpaired) electrons. The second-order valence-electron chi connectivity index (χ2n) is 11.4. The Morgan fingerprint density at radius 2 is 1.97 bits per heavy atom. The molecule has 2 aliphatic heterocycles. The van der Waals surface area contributed by atoms with Crippen molar-refractivity contribution in [3.63, 3.8) is 0 Å². The SMILES string of the molecule is CC[C@@H](N)c1cnc(OC2CN(C(=O)C3CC3)C2)c2cnc(Nc3ccc4c(n3)[C@@H](C)C(C)(C)OC4=O)cc12. The average Bonchev–Trinajstić information content (AvgIpc) is 3.74. The monoisotopic (exact) mass is 530 g/mol. The third-order valence-corrected chi connectivity index (χ3v) is 8.18. The Morgan fingerprint density at radius 3 is 2.69 bits per heavy atom. The van der Waals surface area contributed by atoms with Gasteiger partial charge in [-0.15, -0.1) is 0 Å². The van der Waals surface area contributed by atoms with Gasteiger partial charge in [-0.2, -0.15) is 0 Å². The summed E-state index contributed by atoms with van der Waals surface area (Å²) in [5.41, 5.74) is 7.89. The Hall–Kier alpha value is -3.79. The number of aromatic nitrogens is 3. The standard InChI is InChI=1S/C29H34N6O4/c1-5-22(30)20-11-32-26(38-17-13-35(14-17)27(36)16-6-7-16)21-12-31-24(10-19(20)21)33-23-9-8-18-25(34-23)15(2)29(3,4)39-28(18)37/h8-12,15-17,22H,5-7,13-14,30H2,1-4H3,(H,31,33,34)/t15-,22-/m1/s1.